The van der Waals surface area contributed by atoms with Gasteiger partial charge in [-0.2, -0.15) is 0 Å². The topological polar surface area (TPSA) is 101 Å². The predicted octanol–water partition coefficient (Wildman–Crippen LogP) is 1.35. The van der Waals surface area contributed by atoms with Crippen molar-refractivity contribution in [3.63, 3.8) is 0 Å². The molecule has 0 unspecified atom stereocenters. The summed E-state index contributed by atoms with van der Waals surface area (Å²) in [6, 6.07) is 9.39. The van der Waals surface area contributed by atoms with Gasteiger partial charge in [0.1, 0.15) is 24.9 Å². The van der Waals surface area contributed by atoms with E-state index in [1.165, 1.54) is 19.9 Å². The number of rotatable bonds is 9. The first-order chi connectivity index (χ1) is 13.4. The zero-order valence-electron chi connectivity index (χ0n) is 16.0. The lowest BCUT2D eigenvalue weighted by atomic mass is 9.98. The molecule has 1 aromatic carbocycles. The van der Waals surface area contributed by atoms with Crippen molar-refractivity contribution in [2.24, 2.45) is 0 Å². The SMILES string of the molecule is C=CCO[C@@H]1[C@@H](OCc2ccccc2)[C@H](OC(C)=O)[C@@H](COC(C)=O)O[C@@H]1O. The van der Waals surface area contributed by atoms with E-state index < -0.39 is 42.6 Å². The lowest BCUT2D eigenvalue weighted by Gasteiger charge is -2.43. The number of ether oxygens (including phenoxy) is 5. The van der Waals surface area contributed by atoms with Crippen LogP contribution in [0.3, 0.4) is 0 Å². The van der Waals surface area contributed by atoms with Gasteiger partial charge in [0, 0.05) is 13.8 Å². The molecule has 8 nitrogen and oxygen atoms in total. The molecule has 28 heavy (non-hydrogen) atoms. The van der Waals surface area contributed by atoms with Crippen molar-refractivity contribution in [3.05, 3.63) is 48.6 Å². The number of benzene rings is 1. The van der Waals surface area contributed by atoms with Crippen LogP contribution >= 0.6 is 0 Å². The Balaban J connectivity index is 2.23. The van der Waals surface area contributed by atoms with Gasteiger partial charge in [0.25, 0.3) is 0 Å². The first kappa shape index (κ1) is 22.0. The molecule has 1 saturated heterocycles. The molecule has 1 aromatic rings. The number of aliphatic hydroxyl groups is 1. The van der Waals surface area contributed by atoms with Crippen LogP contribution in [-0.4, -0.2) is 61.0 Å². The van der Waals surface area contributed by atoms with E-state index in [1.54, 1.807) is 0 Å². The average Bonchev–Trinajstić information content (AvgIpc) is 2.66. The number of aliphatic hydroxyl groups excluding tert-OH is 1. The number of carbonyl (C=O) groups excluding carboxylic acids is 2. The van der Waals surface area contributed by atoms with Crippen molar-refractivity contribution in [3.8, 4) is 0 Å². The maximum absolute atomic E-state index is 11.7. The van der Waals surface area contributed by atoms with Crippen LogP contribution in [0.2, 0.25) is 0 Å². The third kappa shape index (κ3) is 6.42. The van der Waals surface area contributed by atoms with Gasteiger partial charge >= 0.3 is 11.9 Å². The maximum atomic E-state index is 11.7. The van der Waals surface area contributed by atoms with E-state index in [9.17, 15) is 14.7 Å². The molecule has 0 radical (unpaired) electrons. The summed E-state index contributed by atoms with van der Waals surface area (Å²) in [4.78, 5) is 22.8. The van der Waals surface area contributed by atoms with Crippen molar-refractivity contribution in [1.82, 2.24) is 0 Å². The monoisotopic (exact) mass is 394 g/mol. The average molecular weight is 394 g/mol. The molecule has 0 spiro atoms. The van der Waals surface area contributed by atoms with E-state index >= 15 is 0 Å². The van der Waals surface area contributed by atoms with Gasteiger partial charge in [-0.05, 0) is 5.56 Å². The molecule has 0 aromatic heterocycles. The second-order valence-corrected chi connectivity index (χ2v) is 6.29. The molecule has 1 fully saturated rings. The molecular weight excluding hydrogens is 368 g/mol. The Bertz CT molecular complexity index is 647. The highest BCUT2D eigenvalue weighted by atomic mass is 16.7. The van der Waals surface area contributed by atoms with Crippen LogP contribution in [0.25, 0.3) is 0 Å². The van der Waals surface area contributed by atoms with Crippen LogP contribution in [0.4, 0.5) is 0 Å². The fourth-order valence-electron chi connectivity index (χ4n) is 2.88. The van der Waals surface area contributed by atoms with Crippen molar-refractivity contribution in [2.45, 2.75) is 51.2 Å². The third-order valence-electron chi connectivity index (χ3n) is 4.05. The van der Waals surface area contributed by atoms with Crippen LogP contribution in [0, 0.1) is 0 Å². The van der Waals surface area contributed by atoms with E-state index in [0.717, 1.165) is 5.56 Å². The van der Waals surface area contributed by atoms with E-state index in [0.29, 0.717) is 0 Å². The Hall–Kier alpha value is -2.26. The second kappa shape index (κ2) is 10.9. The molecule has 1 aliphatic heterocycles. The van der Waals surface area contributed by atoms with Gasteiger partial charge in [-0.25, -0.2) is 0 Å². The van der Waals surface area contributed by atoms with Gasteiger partial charge in [0.2, 0.25) is 0 Å². The second-order valence-electron chi connectivity index (χ2n) is 6.29. The van der Waals surface area contributed by atoms with Crippen LogP contribution in [-0.2, 0) is 39.9 Å². The molecule has 5 atom stereocenters. The minimum Gasteiger partial charge on any atom is -0.463 e. The zero-order valence-corrected chi connectivity index (χ0v) is 16.0. The Labute approximate surface area is 164 Å². The molecule has 2 rings (SSSR count). The number of esters is 2. The van der Waals surface area contributed by atoms with Crippen molar-refractivity contribution < 1.29 is 38.4 Å². The Kier molecular flexibility index (Phi) is 8.59. The van der Waals surface area contributed by atoms with Gasteiger partial charge in [-0.15, -0.1) is 6.58 Å². The van der Waals surface area contributed by atoms with Gasteiger partial charge < -0.3 is 28.8 Å². The van der Waals surface area contributed by atoms with E-state index in [4.69, 9.17) is 23.7 Å². The predicted molar refractivity (Wildman–Crippen MR) is 98.0 cm³/mol. The van der Waals surface area contributed by atoms with Gasteiger partial charge in [-0.1, -0.05) is 36.4 Å². The zero-order chi connectivity index (χ0) is 20.5. The highest BCUT2D eigenvalue weighted by molar-refractivity contribution is 5.66. The van der Waals surface area contributed by atoms with Crippen molar-refractivity contribution in [2.75, 3.05) is 13.2 Å². The Morgan fingerprint density at radius 1 is 1.11 bits per heavy atom. The largest absolute Gasteiger partial charge is 0.463 e. The summed E-state index contributed by atoms with van der Waals surface area (Å²) >= 11 is 0. The first-order valence-electron chi connectivity index (χ1n) is 8.94. The molecule has 0 amide bonds. The molecule has 1 heterocycles. The van der Waals surface area contributed by atoms with Crippen LogP contribution < -0.4 is 0 Å². The number of carbonyl (C=O) groups is 2. The lowest BCUT2D eigenvalue weighted by molar-refractivity contribution is -0.306. The summed E-state index contributed by atoms with van der Waals surface area (Å²) in [5.41, 5.74) is 0.893. The standard InChI is InChI=1S/C20H26O8/c1-4-10-24-19-18(26-11-15-8-6-5-7-9-15)17(27-14(3)22)16(28-20(19)23)12-25-13(2)21/h4-9,16-20,23H,1,10-12H2,2-3H3/t16-,17-,18+,19-,20+/m1/s1. The van der Waals surface area contributed by atoms with E-state index in [1.807, 2.05) is 30.3 Å². The van der Waals surface area contributed by atoms with Crippen LogP contribution in [0.1, 0.15) is 19.4 Å². The summed E-state index contributed by atoms with van der Waals surface area (Å²) < 4.78 is 27.5. The maximum Gasteiger partial charge on any atom is 0.303 e. The van der Waals surface area contributed by atoms with E-state index in [-0.39, 0.29) is 19.8 Å². The molecule has 8 heteroatoms. The number of hydrogen-bond acceptors (Lipinski definition) is 8. The molecule has 0 saturated carbocycles. The van der Waals surface area contributed by atoms with E-state index in [2.05, 4.69) is 6.58 Å². The quantitative estimate of drug-likeness (QED) is 0.495. The minimum atomic E-state index is -1.37. The van der Waals surface area contributed by atoms with Crippen LogP contribution in [0.5, 0.6) is 0 Å². The highest BCUT2D eigenvalue weighted by Gasteiger charge is 2.49. The third-order valence-corrected chi connectivity index (χ3v) is 4.05. The fourth-order valence-corrected chi connectivity index (χ4v) is 2.88. The molecule has 1 aliphatic rings. The minimum absolute atomic E-state index is 0.137. The smallest absolute Gasteiger partial charge is 0.303 e. The Morgan fingerprint density at radius 3 is 2.43 bits per heavy atom. The van der Waals surface area contributed by atoms with Crippen LogP contribution in [0.15, 0.2) is 43.0 Å². The molecule has 1 N–H and O–H groups in total. The van der Waals surface area contributed by atoms with Gasteiger partial charge in [-0.3, -0.25) is 9.59 Å². The molecule has 0 aliphatic carbocycles. The summed E-state index contributed by atoms with van der Waals surface area (Å²) in [5, 5.41) is 10.4. The summed E-state index contributed by atoms with van der Waals surface area (Å²) in [7, 11) is 0. The summed E-state index contributed by atoms with van der Waals surface area (Å²) in [6.45, 7) is 6.22. The van der Waals surface area contributed by atoms with Crippen molar-refractivity contribution in [1.29, 1.82) is 0 Å². The molecular formula is C20H26O8. The van der Waals surface area contributed by atoms with Gasteiger partial charge in [0.05, 0.1) is 13.2 Å². The number of hydrogen-bond donors (Lipinski definition) is 1. The molecule has 0 bridgehead atoms. The highest BCUT2D eigenvalue weighted by Crippen LogP contribution is 2.28. The first-order valence-corrected chi connectivity index (χ1v) is 8.94. The summed E-state index contributed by atoms with van der Waals surface area (Å²) in [5.74, 6) is -1.08. The lowest BCUT2D eigenvalue weighted by Crippen LogP contribution is -2.61. The van der Waals surface area contributed by atoms with Gasteiger partial charge in [0.15, 0.2) is 12.4 Å². The molecule has 154 valence electrons. The Morgan fingerprint density at radius 2 is 1.82 bits per heavy atom. The van der Waals surface area contributed by atoms with Crippen molar-refractivity contribution >= 4 is 11.9 Å². The fraction of sp³-hybridized carbons (Fsp3) is 0.500. The normalized spacial score (nSPS) is 27.0. The summed E-state index contributed by atoms with van der Waals surface area (Å²) in [6.07, 6.45) is -3.49.